The zero-order valence-electron chi connectivity index (χ0n) is 19.3. The van der Waals surface area contributed by atoms with E-state index in [2.05, 4.69) is 27.4 Å². The van der Waals surface area contributed by atoms with Gasteiger partial charge in [0, 0.05) is 71.2 Å². The second-order valence-electron chi connectivity index (χ2n) is 8.86. The third-order valence-electron chi connectivity index (χ3n) is 6.64. The van der Waals surface area contributed by atoms with Crippen LogP contribution in [0.5, 0.6) is 0 Å². The van der Waals surface area contributed by atoms with Crippen LogP contribution in [0.25, 0.3) is 0 Å². The maximum absolute atomic E-state index is 12.8. The number of hydrogen-bond acceptors (Lipinski definition) is 4. The Morgan fingerprint density at radius 2 is 1.68 bits per heavy atom. The van der Waals surface area contributed by atoms with Crippen LogP contribution in [0.15, 0.2) is 4.99 Å². The number of guanidine groups is 1. The van der Waals surface area contributed by atoms with E-state index in [0.717, 1.165) is 84.1 Å². The molecule has 1 aliphatic carbocycles. The van der Waals surface area contributed by atoms with Gasteiger partial charge in [-0.1, -0.05) is 19.3 Å². The zero-order chi connectivity index (χ0) is 21.3. The van der Waals surface area contributed by atoms with Crippen molar-refractivity contribution in [1.82, 2.24) is 25.3 Å². The van der Waals surface area contributed by atoms with Crippen molar-refractivity contribution < 1.29 is 9.59 Å². The minimum Gasteiger partial charge on any atom is -0.357 e. The van der Waals surface area contributed by atoms with Crippen LogP contribution in [0.3, 0.4) is 0 Å². The fourth-order valence-electron chi connectivity index (χ4n) is 4.79. The number of likely N-dealkylation sites (tertiary alicyclic amines) is 1. The standard InChI is InChI=1S/C22H40N6O2.HI/c1-3-23-22(24-10-12-26-13-15-27(16-14-26)18(2)29)25-20-9-11-28(17-20)21(30)19-7-5-4-6-8-19;/h19-20H,3-17H2,1-2H3,(H2,23,24,25);1H. The van der Waals surface area contributed by atoms with Gasteiger partial charge in [0.25, 0.3) is 0 Å². The molecule has 3 fully saturated rings. The number of carbonyl (C=O) groups is 2. The van der Waals surface area contributed by atoms with Gasteiger partial charge in [0.15, 0.2) is 5.96 Å². The van der Waals surface area contributed by atoms with E-state index in [-0.39, 0.29) is 41.8 Å². The molecule has 2 amide bonds. The van der Waals surface area contributed by atoms with E-state index in [0.29, 0.717) is 5.91 Å². The van der Waals surface area contributed by atoms with Gasteiger partial charge in [0.1, 0.15) is 0 Å². The summed E-state index contributed by atoms with van der Waals surface area (Å²) in [4.78, 5) is 35.3. The molecular weight excluding hydrogens is 507 g/mol. The van der Waals surface area contributed by atoms with Crippen LogP contribution in [0.2, 0.25) is 0 Å². The molecule has 0 aromatic heterocycles. The Bertz CT molecular complexity index is 603. The average Bonchev–Trinajstić information content (AvgIpc) is 3.23. The van der Waals surface area contributed by atoms with E-state index in [9.17, 15) is 9.59 Å². The first-order chi connectivity index (χ1) is 14.6. The van der Waals surface area contributed by atoms with Gasteiger partial charge in [0.05, 0.1) is 6.54 Å². The number of halogens is 1. The van der Waals surface area contributed by atoms with Gasteiger partial charge < -0.3 is 20.4 Å². The quantitative estimate of drug-likeness (QED) is 0.299. The molecule has 0 aromatic carbocycles. The first kappa shape index (κ1) is 26.2. The molecule has 0 spiro atoms. The number of rotatable bonds is 6. The number of amides is 2. The summed E-state index contributed by atoms with van der Waals surface area (Å²) in [5.41, 5.74) is 0. The third-order valence-corrected chi connectivity index (χ3v) is 6.64. The molecule has 1 atom stereocenters. The van der Waals surface area contributed by atoms with Crippen LogP contribution in [0.4, 0.5) is 0 Å². The van der Waals surface area contributed by atoms with Gasteiger partial charge in [-0.15, -0.1) is 24.0 Å². The topological polar surface area (TPSA) is 80.3 Å². The van der Waals surface area contributed by atoms with Crippen LogP contribution in [0.1, 0.15) is 52.4 Å². The Labute approximate surface area is 204 Å². The van der Waals surface area contributed by atoms with Crippen molar-refractivity contribution in [3.05, 3.63) is 0 Å². The number of nitrogens with one attached hydrogen (secondary N) is 2. The van der Waals surface area contributed by atoms with Crippen molar-refractivity contribution in [2.75, 3.05) is 58.9 Å². The van der Waals surface area contributed by atoms with Crippen LogP contribution < -0.4 is 10.6 Å². The largest absolute Gasteiger partial charge is 0.357 e. The summed E-state index contributed by atoms with van der Waals surface area (Å²) < 4.78 is 0. The molecule has 0 bridgehead atoms. The van der Waals surface area contributed by atoms with Gasteiger partial charge in [-0.2, -0.15) is 0 Å². The van der Waals surface area contributed by atoms with Crippen LogP contribution in [-0.4, -0.2) is 97.4 Å². The molecule has 3 aliphatic rings. The fourth-order valence-corrected chi connectivity index (χ4v) is 4.79. The summed E-state index contributed by atoms with van der Waals surface area (Å²) in [5.74, 6) is 1.63. The molecule has 8 nitrogen and oxygen atoms in total. The highest BCUT2D eigenvalue weighted by Gasteiger charge is 2.31. The van der Waals surface area contributed by atoms with Gasteiger partial charge in [0.2, 0.25) is 11.8 Å². The summed E-state index contributed by atoms with van der Waals surface area (Å²) in [5, 5.41) is 6.88. The van der Waals surface area contributed by atoms with Gasteiger partial charge in [-0.3, -0.25) is 19.5 Å². The van der Waals surface area contributed by atoms with Crippen LogP contribution >= 0.6 is 24.0 Å². The van der Waals surface area contributed by atoms with E-state index in [4.69, 9.17) is 4.99 Å². The molecule has 0 radical (unpaired) electrons. The smallest absolute Gasteiger partial charge is 0.225 e. The summed E-state index contributed by atoms with van der Waals surface area (Å²) in [7, 11) is 0. The van der Waals surface area contributed by atoms with Crippen LogP contribution in [0, 0.1) is 5.92 Å². The summed E-state index contributed by atoms with van der Waals surface area (Å²) in [6, 6.07) is 0.273. The maximum atomic E-state index is 12.8. The van der Waals surface area contributed by atoms with Crippen molar-refractivity contribution in [3.8, 4) is 0 Å². The number of nitrogens with zero attached hydrogens (tertiary/aromatic N) is 4. The number of hydrogen-bond donors (Lipinski definition) is 2. The minimum atomic E-state index is 0. The lowest BCUT2D eigenvalue weighted by molar-refractivity contribution is -0.135. The lowest BCUT2D eigenvalue weighted by atomic mass is 9.88. The zero-order valence-corrected chi connectivity index (χ0v) is 21.6. The van der Waals surface area contributed by atoms with Crippen molar-refractivity contribution >= 4 is 41.8 Å². The molecule has 2 N–H and O–H groups in total. The van der Waals surface area contributed by atoms with E-state index >= 15 is 0 Å². The minimum absolute atomic E-state index is 0. The third kappa shape index (κ3) is 8.07. The first-order valence-corrected chi connectivity index (χ1v) is 11.9. The monoisotopic (exact) mass is 548 g/mol. The SMILES string of the molecule is CCNC(=NCCN1CCN(C(C)=O)CC1)NC1CCN(C(=O)C2CCCCC2)C1.I. The molecule has 9 heteroatoms. The van der Waals surface area contributed by atoms with E-state index in [1.165, 1.54) is 19.3 Å². The average molecular weight is 549 g/mol. The van der Waals surface area contributed by atoms with Crippen molar-refractivity contribution in [2.45, 2.75) is 58.4 Å². The lowest BCUT2D eigenvalue weighted by Crippen LogP contribution is -2.49. The highest BCUT2D eigenvalue weighted by atomic mass is 127. The van der Waals surface area contributed by atoms with E-state index in [1.54, 1.807) is 6.92 Å². The number of aliphatic imine (C=N–C) groups is 1. The second kappa shape index (κ2) is 13.4. The second-order valence-corrected chi connectivity index (χ2v) is 8.86. The van der Waals surface area contributed by atoms with Gasteiger partial charge >= 0.3 is 0 Å². The molecule has 2 saturated heterocycles. The van der Waals surface area contributed by atoms with E-state index < -0.39 is 0 Å². The summed E-state index contributed by atoms with van der Waals surface area (Å²) >= 11 is 0. The van der Waals surface area contributed by atoms with Gasteiger partial charge in [-0.05, 0) is 26.2 Å². The molecule has 31 heavy (non-hydrogen) atoms. The van der Waals surface area contributed by atoms with E-state index in [1.807, 2.05) is 4.90 Å². The Morgan fingerprint density at radius 3 is 2.32 bits per heavy atom. The highest BCUT2D eigenvalue weighted by Crippen LogP contribution is 2.26. The Morgan fingerprint density at radius 1 is 0.968 bits per heavy atom. The van der Waals surface area contributed by atoms with Crippen molar-refractivity contribution in [3.63, 3.8) is 0 Å². The lowest BCUT2D eigenvalue weighted by Gasteiger charge is -2.33. The molecule has 2 aliphatic heterocycles. The van der Waals surface area contributed by atoms with Crippen molar-refractivity contribution in [2.24, 2.45) is 10.9 Å². The summed E-state index contributed by atoms with van der Waals surface area (Å²) in [6.07, 6.45) is 6.80. The van der Waals surface area contributed by atoms with Gasteiger partial charge in [-0.25, -0.2) is 0 Å². The molecule has 178 valence electrons. The summed E-state index contributed by atoms with van der Waals surface area (Å²) in [6.45, 7) is 11.3. The number of carbonyl (C=O) groups excluding carboxylic acids is 2. The number of piperazine rings is 1. The molecule has 1 saturated carbocycles. The molecule has 3 rings (SSSR count). The predicted molar refractivity (Wildman–Crippen MR) is 135 cm³/mol. The van der Waals surface area contributed by atoms with Crippen molar-refractivity contribution in [1.29, 1.82) is 0 Å². The highest BCUT2D eigenvalue weighted by molar-refractivity contribution is 14.0. The molecule has 1 unspecified atom stereocenters. The first-order valence-electron chi connectivity index (χ1n) is 11.9. The normalized spacial score (nSPS) is 23.4. The fraction of sp³-hybridized carbons (Fsp3) is 0.864. The predicted octanol–water partition coefficient (Wildman–Crippen LogP) is 1.50. The Balaban J connectivity index is 0.00000341. The van der Waals surface area contributed by atoms with Crippen LogP contribution in [-0.2, 0) is 9.59 Å². The Hall–Kier alpha value is -1.10. The molecule has 0 aromatic rings. The Kier molecular flexibility index (Phi) is 11.3. The molecular formula is C22H41IN6O2. The maximum Gasteiger partial charge on any atom is 0.225 e. The molecule has 2 heterocycles.